The van der Waals surface area contributed by atoms with Gasteiger partial charge in [0.1, 0.15) is 0 Å². The van der Waals surface area contributed by atoms with Crippen LogP contribution in [0.15, 0.2) is 18.2 Å². The molecule has 6 heteroatoms. The van der Waals surface area contributed by atoms with Gasteiger partial charge in [0.15, 0.2) is 5.75 Å². The molecule has 1 aromatic carbocycles. The molecule has 0 aliphatic carbocycles. The van der Waals surface area contributed by atoms with Gasteiger partial charge in [-0.2, -0.15) is 0 Å². The molecule has 0 atom stereocenters. The van der Waals surface area contributed by atoms with E-state index in [4.69, 9.17) is 29.0 Å². The average Bonchev–Trinajstić information content (AvgIpc) is 2.94. The first kappa shape index (κ1) is 42.7. The van der Waals surface area contributed by atoms with Gasteiger partial charge in [-0.05, 0) is 42.9 Å². The topological polar surface area (TPSA) is 32.3 Å². The van der Waals surface area contributed by atoms with Gasteiger partial charge >= 0.3 is 19.5 Å². The van der Waals surface area contributed by atoms with Gasteiger partial charge in [0.2, 0.25) is 0 Å². The number of hydrogen-bond acceptors (Lipinski definition) is 4. The predicted molar refractivity (Wildman–Crippen MR) is 188 cm³/mol. The van der Waals surface area contributed by atoms with Crippen LogP contribution in [-0.4, -0.2) is 0 Å². The van der Waals surface area contributed by atoms with Crippen molar-refractivity contribution >= 4 is 30.6 Å². The molecule has 0 N–H and O–H groups in total. The molecule has 42 heavy (non-hydrogen) atoms. The molecule has 0 amide bonds. The summed E-state index contributed by atoms with van der Waals surface area (Å²) in [5, 5.41) is 0. The van der Waals surface area contributed by atoms with Crippen LogP contribution in [0.1, 0.15) is 192 Å². The maximum Gasteiger partial charge on any atom is 2.00 e. The first-order valence-corrected chi connectivity index (χ1v) is 21.4. The minimum Gasteiger partial charge on any atom is -0.682 e. The van der Waals surface area contributed by atoms with E-state index < -0.39 is 6.12 Å². The summed E-state index contributed by atoms with van der Waals surface area (Å²) in [7, 11) is 0. The minimum absolute atomic E-state index is 0. The molecule has 1 rings (SSSR count). The zero-order valence-corrected chi connectivity index (χ0v) is 33.3. The van der Waals surface area contributed by atoms with Gasteiger partial charge in [-0.15, -0.1) is 6.12 Å². The monoisotopic (exact) mass is 688 g/mol. The maximum atomic E-state index is 12.0. The van der Waals surface area contributed by atoms with Gasteiger partial charge < -0.3 is 33.9 Å². The van der Waals surface area contributed by atoms with E-state index in [-0.39, 0.29) is 19.5 Å². The molecule has 240 valence electrons. The van der Waals surface area contributed by atoms with Crippen LogP contribution in [-0.2, 0) is 56.8 Å². The molecule has 0 fully saturated rings. The van der Waals surface area contributed by atoms with Crippen LogP contribution in [0, 0.1) is 0 Å². The molecule has 0 saturated heterocycles. The summed E-state index contributed by atoms with van der Waals surface area (Å²) in [6.45, 7) is 4.57. The van der Waals surface area contributed by atoms with Gasteiger partial charge in [0.25, 0.3) is 0 Å². The van der Waals surface area contributed by atoms with Crippen molar-refractivity contribution in [2.75, 3.05) is 0 Å². The molecule has 0 unspecified atom stereocenters. The van der Waals surface area contributed by atoms with Crippen LogP contribution in [0.3, 0.4) is 0 Å². The SMILES string of the molecule is CCCCCCCCCCCCCCCc1ccc(O[P+]([O-])([S-])[S-])c(CCCCCCCCCCCCCCC)c1.[Zn+2]. The van der Waals surface area contributed by atoms with Gasteiger partial charge in [0, 0.05) is 0 Å². The van der Waals surface area contributed by atoms with Crippen molar-refractivity contribution in [1.29, 1.82) is 0 Å². The molecule has 2 nitrogen and oxygen atoms in total. The largest absolute Gasteiger partial charge is 2.00 e. The van der Waals surface area contributed by atoms with E-state index in [2.05, 4.69) is 26.0 Å². The summed E-state index contributed by atoms with van der Waals surface area (Å²) in [5.74, 6) is 0.645. The Morgan fingerprint density at radius 1 is 0.524 bits per heavy atom. The molecule has 0 aromatic heterocycles. The summed E-state index contributed by atoms with van der Waals surface area (Å²) in [6, 6.07) is 6.33. The van der Waals surface area contributed by atoms with E-state index in [0.717, 1.165) is 24.8 Å². The number of hydrogen-bond donors (Lipinski definition) is 0. The van der Waals surface area contributed by atoms with Crippen LogP contribution in [0.5, 0.6) is 5.75 Å². The van der Waals surface area contributed by atoms with Crippen LogP contribution in [0.2, 0.25) is 0 Å². The first-order valence-electron chi connectivity index (χ1n) is 17.8. The Kier molecular flexibility index (Phi) is 30.9. The van der Waals surface area contributed by atoms with Gasteiger partial charge in [0.05, 0.1) is 0 Å². The second kappa shape index (κ2) is 30.4. The van der Waals surface area contributed by atoms with E-state index in [1.54, 1.807) is 0 Å². The Hall–Kier alpha value is 0.733. The molecule has 0 aliphatic rings. The molecule has 1 aromatic rings. The molecule has 0 radical (unpaired) electrons. The Morgan fingerprint density at radius 3 is 1.21 bits per heavy atom. The zero-order valence-electron chi connectivity index (χ0n) is 27.8. The Balaban J connectivity index is 0.0000168. The smallest absolute Gasteiger partial charge is 0.682 e. The Morgan fingerprint density at radius 2 is 0.857 bits per heavy atom. The summed E-state index contributed by atoms with van der Waals surface area (Å²) in [4.78, 5) is 12.0. The normalized spacial score (nSPS) is 11.5. The number of benzene rings is 1. The molecule has 0 bridgehead atoms. The molecule has 0 heterocycles. The van der Waals surface area contributed by atoms with E-state index >= 15 is 0 Å². The van der Waals surface area contributed by atoms with Crippen molar-refractivity contribution in [3.05, 3.63) is 29.3 Å². The third-order valence-corrected chi connectivity index (χ3v) is 9.32. The fraction of sp³-hybridized carbons (Fsp3) is 0.833. The number of aryl methyl sites for hydroxylation is 2. The summed E-state index contributed by atoms with van der Waals surface area (Å²) < 4.78 is 5.56. The Labute approximate surface area is 286 Å². The van der Waals surface area contributed by atoms with E-state index in [9.17, 15) is 4.89 Å². The molecule has 0 saturated carbocycles. The summed E-state index contributed by atoms with van der Waals surface area (Å²) in [5.41, 5.74) is 2.49. The predicted octanol–water partition coefficient (Wildman–Crippen LogP) is 12.5. The second-order valence-electron chi connectivity index (χ2n) is 12.5. The molecule has 0 aliphatic heterocycles. The van der Waals surface area contributed by atoms with Crippen LogP contribution < -0.4 is 9.42 Å². The maximum absolute atomic E-state index is 12.0. The van der Waals surface area contributed by atoms with Gasteiger partial charge in [-0.25, -0.2) is 0 Å². The van der Waals surface area contributed by atoms with Crippen molar-refractivity contribution in [3.63, 3.8) is 0 Å². The van der Waals surface area contributed by atoms with Crippen molar-refractivity contribution < 1.29 is 28.9 Å². The van der Waals surface area contributed by atoms with E-state index in [0.29, 0.717) is 5.75 Å². The van der Waals surface area contributed by atoms with Crippen LogP contribution in [0.4, 0.5) is 0 Å². The fourth-order valence-corrected chi connectivity index (χ4v) is 6.77. The van der Waals surface area contributed by atoms with Crippen LogP contribution in [0.25, 0.3) is 0 Å². The van der Waals surface area contributed by atoms with E-state index in [1.807, 2.05) is 6.07 Å². The number of unbranched alkanes of at least 4 members (excludes halogenated alkanes) is 24. The summed E-state index contributed by atoms with van der Waals surface area (Å²) in [6.07, 6.45) is 34.2. The van der Waals surface area contributed by atoms with Crippen molar-refractivity contribution in [3.8, 4) is 5.75 Å². The second-order valence-corrected chi connectivity index (χ2v) is 17.1. The summed E-state index contributed by atoms with van der Waals surface area (Å²) >= 11 is 9.82. The fourth-order valence-electron chi connectivity index (χ4n) is 5.87. The zero-order chi connectivity index (χ0) is 29.9. The third-order valence-electron chi connectivity index (χ3n) is 8.45. The minimum atomic E-state index is -3.39. The standard InChI is InChI=1S/C36H67O2PS2.Zn/c1-3-5-7-9-11-13-15-17-19-21-23-25-27-29-34-31-32-36(38-39(37,40)41)35(33-34)30-28-26-24-22-20-18-16-14-12-10-8-6-4-2;/h31-33H,3-30H2,1-2H3,(H2,37,40,41);/q;+2/p-2. The third kappa shape index (κ3) is 27.1. The Bertz CT molecular complexity index is 714. The first-order chi connectivity index (χ1) is 20.0. The van der Waals surface area contributed by atoms with E-state index in [1.165, 1.54) is 166 Å². The van der Waals surface area contributed by atoms with Gasteiger partial charge in [-0.1, -0.05) is 180 Å². The average molecular weight is 690 g/mol. The molecular formula is C36H65O2PS2Zn. The van der Waals surface area contributed by atoms with Gasteiger partial charge in [-0.3, -0.25) is 0 Å². The van der Waals surface area contributed by atoms with Crippen LogP contribution >= 0.6 is 6.12 Å². The molecular weight excluding hydrogens is 625 g/mol. The molecule has 0 spiro atoms. The quantitative estimate of drug-likeness (QED) is 0.0348. The van der Waals surface area contributed by atoms with Crippen molar-refractivity contribution in [1.82, 2.24) is 0 Å². The van der Waals surface area contributed by atoms with Crippen molar-refractivity contribution in [2.45, 2.75) is 194 Å². The van der Waals surface area contributed by atoms with Crippen molar-refractivity contribution in [2.24, 2.45) is 0 Å². The number of rotatable bonds is 30.